The summed E-state index contributed by atoms with van der Waals surface area (Å²) in [5, 5.41) is 0.737. The third-order valence-corrected chi connectivity index (χ3v) is 3.01. The Bertz CT molecular complexity index is 492. The van der Waals surface area contributed by atoms with Gasteiger partial charge in [0, 0.05) is 18.9 Å². The number of rotatable bonds is 5. The van der Waals surface area contributed by atoms with E-state index >= 15 is 0 Å². The number of fused-ring (bicyclic) bond motifs is 1. The van der Waals surface area contributed by atoms with Crippen LogP contribution in [0.15, 0.2) is 24.5 Å². The van der Waals surface area contributed by atoms with Crippen molar-refractivity contribution in [1.29, 1.82) is 0 Å². The van der Waals surface area contributed by atoms with Crippen LogP contribution in [0.3, 0.4) is 0 Å². The molecule has 2 heterocycles. The smallest absolute Gasteiger partial charge is 0.137 e. The molecule has 2 aromatic heterocycles. The Balaban J connectivity index is 2.08. The van der Waals surface area contributed by atoms with Crippen LogP contribution in [0, 0.1) is 0 Å². The zero-order chi connectivity index (χ0) is 12.3. The maximum Gasteiger partial charge on any atom is 0.137 e. The number of aromatic nitrogens is 2. The molecular weight excluding hydrogens is 234 g/mol. The SMILES string of the molecule is CCCCN(C)Cc1cn2cc(Cl)ccc2n1. The highest BCUT2D eigenvalue weighted by Crippen LogP contribution is 2.12. The molecule has 0 saturated carbocycles. The molecule has 0 amide bonds. The van der Waals surface area contributed by atoms with Crippen LogP contribution >= 0.6 is 11.6 Å². The highest BCUT2D eigenvalue weighted by atomic mass is 35.5. The molecule has 0 N–H and O–H groups in total. The van der Waals surface area contributed by atoms with Crippen molar-refractivity contribution in [3.05, 3.63) is 35.2 Å². The van der Waals surface area contributed by atoms with E-state index in [-0.39, 0.29) is 0 Å². The molecule has 3 nitrogen and oxygen atoms in total. The number of hydrogen-bond acceptors (Lipinski definition) is 2. The van der Waals surface area contributed by atoms with Gasteiger partial charge in [0.2, 0.25) is 0 Å². The maximum absolute atomic E-state index is 5.94. The average Bonchev–Trinajstić information content (AvgIpc) is 2.67. The molecule has 0 atom stereocenters. The lowest BCUT2D eigenvalue weighted by molar-refractivity contribution is 0.317. The van der Waals surface area contributed by atoms with Gasteiger partial charge in [0.25, 0.3) is 0 Å². The number of hydrogen-bond donors (Lipinski definition) is 0. The molecule has 2 rings (SSSR count). The van der Waals surface area contributed by atoms with Gasteiger partial charge in [-0.2, -0.15) is 0 Å². The molecule has 0 fully saturated rings. The van der Waals surface area contributed by atoms with Crippen molar-refractivity contribution in [2.75, 3.05) is 13.6 Å². The lowest BCUT2D eigenvalue weighted by Gasteiger charge is -2.13. The highest BCUT2D eigenvalue weighted by molar-refractivity contribution is 6.30. The lowest BCUT2D eigenvalue weighted by atomic mass is 10.3. The van der Waals surface area contributed by atoms with Crippen LogP contribution in [0.1, 0.15) is 25.5 Å². The fraction of sp³-hybridized carbons (Fsp3) is 0.462. The maximum atomic E-state index is 5.94. The molecule has 0 unspecified atom stereocenters. The van der Waals surface area contributed by atoms with Crippen molar-refractivity contribution in [3.63, 3.8) is 0 Å². The second-order valence-electron chi connectivity index (χ2n) is 4.44. The molecule has 17 heavy (non-hydrogen) atoms. The summed E-state index contributed by atoms with van der Waals surface area (Å²) in [5.41, 5.74) is 2.04. The van der Waals surface area contributed by atoms with Crippen molar-refractivity contribution >= 4 is 17.2 Å². The van der Waals surface area contributed by atoms with Crippen LogP contribution in [-0.2, 0) is 6.54 Å². The zero-order valence-corrected chi connectivity index (χ0v) is 11.1. The molecule has 4 heteroatoms. The lowest BCUT2D eigenvalue weighted by Crippen LogP contribution is -2.19. The van der Waals surface area contributed by atoms with Crippen LogP contribution in [0.25, 0.3) is 5.65 Å². The van der Waals surface area contributed by atoms with Gasteiger partial charge in [0.1, 0.15) is 5.65 Å². The molecule has 0 aliphatic heterocycles. The fourth-order valence-electron chi connectivity index (χ4n) is 1.88. The van der Waals surface area contributed by atoms with E-state index in [0.717, 1.165) is 29.5 Å². The quantitative estimate of drug-likeness (QED) is 0.813. The van der Waals surface area contributed by atoms with E-state index in [0.29, 0.717) is 0 Å². The minimum Gasteiger partial charge on any atom is -0.305 e. The summed E-state index contributed by atoms with van der Waals surface area (Å²) < 4.78 is 1.98. The third-order valence-electron chi connectivity index (χ3n) is 2.79. The van der Waals surface area contributed by atoms with E-state index in [4.69, 9.17) is 11.6 Å². The first-order valence-corrected chi connectivity index (χ1v) is 6.38. The molecule has 0 aromatic carbocycles. The Morgan fingerprint density at radius 1 is 1.35 bits per heavy atom. The van der Waals surface area contributed by atoms with Crippen LogP contribution in [0.2, 0.25) is 5.02 Å². The normalized spacial score (nSPS) is 11.5. The van der Waals surface area contributed by atoms with Gasteiger partial charge >= 0.3 is 0 Å². The van der Waals surface area contributed by atoms with Crippen molar-refractivity contribution in [3.8, 4) is 0 Å². The molecule has 0 radical (unpaired) electrons. The van der Waals surface area contributed by atoms with Gasteiger partial charge in [-0.25, -0.2) is 4.98 Å². The largest absolute Gasteiger partial charge is 0.305 e. The van der Waals surface area contributed by atoms with Gasteiger partial charge in [-0.15, -0.1) is 0 Å². The van der Waals surface area contributed by atoms with Crippen LogP contribution in [-0.4, -0.2) is 27.9 Å². The topological polar surface area (TPSA) is 20.5 Å². The standard InChI is InChI=1S/C13H18ClN3/c1-3-4-7-16(2)9-12-10-17-8-11(14)5-6-13(17)15-12/h5-6,8,10H,3-4,7,9H2,1-2H3. The first-order chi connectivity index (χ1) is 8.19. The summed E-state index contributed by atoms with van der Waals surface area (Å²) in [7, 11) is 2.13. The Morgan fingerprint density at radius 2 is 2.18 bits per heavy atom. The van der Waals surface area contributed by atoms with Gasteiger partial charge < -0.3 is 9.30 Å². The third kappa shape index (κ3) is 3.20. The molecular formula is C13H18ClN3. The summed E-state index contributed by atoms with van der Waals surface area (Å²) in [6.07, 6.45) is 6.39. The van der Waals surface area contributed by atoms with Crippen molar-refractivity contribution in [2.24, 2.45) is 0 Å². The highest BCUT2D eigenvalue weighted by Gasteiger charge is 2.05. The fourth-order valence-corrected chi connectivity index (χ4v) is 2.05. The molecule has 0 aliphatic rings. The van der Waals surface area contributed by atoms with Crippen LogP contribution in [0.5, 0.6) is 0 Å². The predicted octanol–water partition coefficient (Wildman–Crippen LogP) is 3.22. The molecule has 2 aromatic rings. The van der Waals surface area contributed by atoms with Gasteiger partial charge in [0.15, 0.2) is 0 Å². The van der Waals surface area contributed by atoms with E-state index in [2.05, 4.69) is 23.9 Å². The molecule has 0 aliphatic carbocycles. The van der Waals surface area contributed by atoms with E-state index in [1.54, 1.807) is 0 Å². The van der Waals surface area contributed by atoms with E-state index in [1.807, 2.05) is 28.9 Å². The number of unbranched alkanes of at least 4 members (excludes halogenated alkanes) is 1. The van der Waals surface area contributed by atoms with Crippen molar-refractivity contribution in [1.82, 2.24) is 14.3 Å². The summed E-state index contributed by atoms with van der Waals surface area (Å²) in [6.45, 7) is 4.21. The summed E-state index contributed by atoms with van der Waals surface area (Å²) in [4.78, 5) is 6.86. The molecule has 92 valence electrons. The molecule has 0 bridgehead atoms. The number of halogens is 1. The van der Waals surface area contributed by atoms with Crippen LogP contribution < -0.4 is 0 Å². The zero-order valence-electron chi connectivity index (χ0n) is 10.4. The van der Waals surface area contributed by atoms with Gasteiger partial charge in [-0.3, -0.25) is 0 Å². The average molecular weight is 252 g/mol. The predicted molar refractivity (Wildman–Crippen MR) is 71.4 cm³/mol. The van der Waals surface area contributed by atoms with E-state index < -0.39 is 0 Å². The van der Waals surface area contributed by atoms with Gasteiger partial charge in [0.05, 0.1) is 10.7 Å². The minimum absolute atomic E-state index is 0.737. The number of imidazole rings is 1. The first-order valence-electron chi connectivity index (χ1n) is 6.00. The Hall–Kier alpha value is -1.06. The Kier molecular flexibility index (Phi) is 4.02. The first kappa shape index (κ1) is 12.4. The second kappa shape index (κ2) is 5.52. The Labute approximate surface area is 107 Å². The summed E-state index contributed by atoms with van der Waals surface area (Å²) in [5.74, 6) is 0. The van der Waals surface area contributed by atoms with Crippen molar-refractivity contribution < 1.29 is 0 Å². The molecule has 0 saturated heterocycles. The van der Waals surface area contributed by atoms with Gasteiger partial charge in [-0.1, -0.05) is 24.9 Å². The number of pyridine rings is 1. The minimum atomic E-state index is 0.737. The van der Waals surface area contributed by atoms with E-state index in [9.17, 15) is 0 Å². The van der Waals surface area contributed by atoms with Crippen LogP contribution in [0.4, 0.5) is 0 Å². The molecule has 0 spiro atoms. The Morgan fingerprint density at radius 3 is 2.94 bits per heavy atom. The number of nitrogens with zero attached hydrogens (tertiary/aromatic N) is 3. The van der Waals surface area contributed by atoms with Crippen molar-refractivity contribution in [2.45, 2.75) is 26.3 Å². The summed E-state index contributed by atoms with van der Waals surface area (Å²) >= 11 is 5.94. The summed E-state index contributed by atoms with van der Waals surface area (Å²) in [6, 6.07) is 3.81. The second-order valence-corrected chi connectivity index (χ2v) is 4.87. The van der Waals surface area contributed by atoms with E-state index in [1.165, 1.54) is 12.8 Å². The van der Waals surface area contributed by atoms with Gasteiger partial charge in [-0.05, 0) is 32.1 Å². The monoisotopic (exact) mass is 251 g/mol.